The fourth-order valence-corrected chi connectivity index (χ4v) is 2.72. The van der Waals surface area contributed by atoms with Gasteiger partial charge in [0.25, 0.3) is 0 Å². The van der Waals surface area contributed by atoms with Crippen LogP contribution in [0.25, 0.3) is 0 Å². The molecule has 0 saturated heterocycles. The van der Waals surface area contributed by atoms with Crippen molar-refractivity contribution in [3.05, 3.63) is 29.6 Å². The molecule has 0 aliphatic carbocycles. The summed E-state index contributed by atoms with van der Waals surface area (Å²) in [5.74, 6) is 0.530. The van der Waals surface area contributed by atoms with Gasteiger partial charge < -0.3 is 4.90 Å². The predicted octanol–water partition coefficient (Wildman–Crippen LogP) is 1.10. The maximum atomic E-state index is 12.3. The lowest BCUT2D eigenvalue weighted by molar-refractivity contribution is -0.132. The van der Waals surface area contributed by atoms with Crippen LogP contribution in [0.4, 0.5) is 0 Å². The van der Waals surface area contributed by atoms with Gasteiger partial charge in [-0.2, -0.15) is 10.2 Å². The van der Waals surface area contributed by atoms with Crippen molar-refractivity contribution in [2.45, 2.75) is 45.7 Å². The topological polar surface area (TPSA) is 79.7 Å². The first-order valence-electron chi connectivity index (χ1n) is 7.31. The molecule has 1 amide bonds. The lowest BCUT2D eigenvalue weighted by Crippen LogP contribution is -2.36. The molecule has 0 bridgehead atoms. The molecule has 1 aliphatic rings. The number of H-pyrrole nitrogens is 1. The number of nitrogens with zero attached hydrogens (tertiary/aromatic N) is 5. The third-order valence-corrected chi connectivity index (χ3v) is 3.89. The summed E-state index contributed by atoms with van der Waals surface area (Å²) in [5.41, 5.74) is 3.46. The van der Waals surface area contributed by atoms with Crippen molar-refractivity contribution in [3.8, 4) is 0 Å². The molecule has 1 aliphatic heterocycles. The second-order valence-corrected chi connectivity index (χ2v) is 5.69. The Morgan fingerprint density at radius 3 is 3.05 bits per heavy atom. The Hall–Kier alpha value is -2.18. The summed E-state index contributed by atoms with van der Waals surface area (Å²) in [6.07, 6.45) is 4.42. The van der Waals surface area contributed by atoms with E-state index in [1.54, 1.807) is 11.0 Å². The number of aromatic amines is 1. The van der Waals surface area contributed by atoms with Crippen molar-refractivity contribution in [1.29, 1.82) is 0 Å². The zero-order valence-corrected chi connectivity index (χ0v) is 12.4. The molecular weight excluding hydrogens is 268 g/mol. The standard InChI is InChI=1S/C14H20N6O/c1-10(2)14-11-7-19(5-3-12(11)17-18-14)13(21)4-6-20-9-15-8-16-20/h8-10H,3-7H2,1-2H3,(H,17,18). The maximum Gasteiger partial charge on any atom is 0.224 e. The minimum absolute atomic E-state index is 0.159. The van der Waals surface area contributed by atoms with Gasteiger partial charge in [0.15, 0.2) is 0 Å². The molecular formula is C14H20N6O. The molecule has 0 saturated carbocycles. The lowest BCUT2D eigenvalue weighted by atomic mass is 9.99. The fourth-order valence-electron chi connectivity index (χ4n) is 2.72. The van der Waals surface area contributed by atoms with E-state index in [1.165, 1.54) is 17.6 Å². The summed E-state index contributed by atoms with van der Waals surface area (Å²) in [4.78, 5) is 18.1. The van der Waals surface area contributed by atoms with Gasteiger partial charge in [-0.1, -0.05) is 13.8 Å². The molecule has 0 radical (unpaired) electrons. The maximum absolute atomic E-state index is 12.3. The normalized spacial score (nSPS) is 14.5. The number of aromatic nitrogens is 5. The average molecular weight is 288 g/mol. The van der Waals surface area contributed by atoms with Crippen LogP contribution in [0.5, 0.6) is 0 Å². The summed E-state index contributed by atoms with van der Waals surface area (Å²) in [6.45, 7) is 6.24. The third-order valence-electron chi connectivity index (χ3n) is 3.89. The Morgan fingerprint density at radius 1 is 1.48 bits per heavy atom. The highest BCUT2D eigenvalue weighted by molar-refractivity contribution is 5.76. The third kappa shape index (κ3) is 2.81. The van der Waals surface area contributed by atoms with Crippen LogP contribution in [0.15, 0.2) is 12.7 Å². The van der Waals surface area contributed by atoms with E-state index in [0.29, 0.717) is 25.4 Å². The molecule has 0 fully saturated rings. The lowest BCUT2D eigenvalue weighted by Gasteiger charge is -2.27. The van der Waals surface area contributed by atoms with Gasteiger partial charge in [-0.3, -0.25) is 14.6 Å². The van der Waals surface area contributed by atoms with E-state index in [-0.39, 0.29) is 5.91 Å². The van der Waals surface area contributed by atoms with E-state index in [9.17, 15) is 4.79 Å². The van der Waals surface area contributed by atoms with Crippen molar-refractivity contribution >= 4 is 5.91 Å². The highest BCUT2D eigenvalue weighted by Crippen LogP contribution is 2.25. The van der Waals surface area contributed by atoms with E-state index in [1.807, 2.05) is 4.90 Å². The van der Waals surface area contributed by atoms with E-state index < -0.39 is 0 Å². The molecule has 2 aromatic rings. The fraction of sp³-hybridized carbons (Fsp3) is 0.571. The molecule has 3 heterocycles. The number of amides is 1. The average Bonchev–Trinajstić information content (AvgIpc) is 3.13. The first-order valence-corrected chi connectivity index (χ1v) is 7.31. The van der Waals surface area contributed by atoms with Crippen molar-refractivity contribution in [3.63, 3.8) is 0 Å². The highest BCUT2D eigenvalue weighted by atomic mass is 16.2. The van der Waals surface area contributed by atoms with Gasteiger partial charge in [0.2, 0.25) is 5.91 Å². The van der Waals surface area contributed by atoms with Crippen LogP contribution >= 0.6 is 0 Å². The SMILES string of the molecule is CC(C)c1n[nH]c2c1CN(C(=O)CCn1cncn1)CC2. The summed E-state index contributed by atoms with van der Waals surface area (Å²) in [5, 5.41) is 11.5. The van der Waals surface area contributed by atoms with E-state index in [4.69, 9.17) is 0 Å². The molecule has 0 unspecified atom stereocenters. The largest absolute Gasteiger partial charge is 0.338 e. The van der Waals surface area contributed by atoms with E-state index in [2.05, 4.69) is 34.1 Å². The van der Waals surface area contributed by atoms with Crippen LogP contribution in [0.1, 0.15) is 43.1 Å². The summed E-state index contributed by atoms with van der Waals surface area (Å²) < 4.78 is 1.69. The van der Waals surface area contributed by atoms with Crippen LogP contribution in [0, 0.1) is 0 Å². The Morgan fingerprint density at radius 2 is 2.33 bits per heavy atom. The number of hydrogen-bond donors (Lipinski definition) is 1. The monoisotopic (exact) mass is 288 g/mol. The highest BCUT2D eigenvalue weighted by Gasteiger charge is 2.25. The minimum Gasteiger partial charge on any atom is -0.338 e. The molecule has 21 heavy (non-hydrogen) atoms. The quantitative estimate of drug-likeness (QED) is 0.913. The zero-order valence-electron chi connectivity index (χ0n) is 12.4. The Labute approximate surface area is 123 Å². The van der Waals surface area contributed by atoms with E-state index in [0.717, 1.165) is 18.7 Å². The number of nitrogens with one attached hydrogen (secondary N) is 1. The smallest absolute Gasteiger partial charge is 0.224 e. The number of hydrogen-bond acceptors (Lipinski definition) is 4. The number of carbonyl (C=O) groups excluding carboxylic acids is 1. The predicted molar refractivity (Wildman–Crippen MR) is 76.4 cm³/mol. The summed E-state index contributed by atoms with van der Waals surface area (Å²) in [6, 6.07) is 0. The van der Waals surface area contributed by atoms with Crippen LogP contribution in [-0.2, 0) is 24.3 Å². The van der Waals surface area contributed by atoms with E-state index >= 15 is 0 Å². The van der Waals surface area contributed by atoms with Crippen molar-refractivity contribution in [2.75, 3.05) is 6.54 Å². The molecule has 112 valence electrons. The number of rotatable bonds is 4. The molecule has 2 aromatic heterocycles. The molecule has 7 nitrogen and oxygen atoms in total. The van der Waals surface area contributed by atoms with Gasteiger partial charge >= 0.3 is 0 Å². The molecule has 1 N–H and O–H groups in total. The van der Waals surface area contributed by atoms with Gasteiger partial charge in [0.05, 0.1) is 12.2 Å². The molecule has 7 heteroatoms. The minimum atomic E-state index is 0.159. The Kier molecular flexibility index (Phi) is 3.72. The van der Waals surface area contributed by atoms with Crippen molar-refractivity contribution < 1.29 is 4.79 Å². The number of fused-ring (bicyclic) bond motifs is 1. The second-order valence-electron chi connectivity index (χ2n) is 5.69. The number of carbonyl (C=O) groups is 1. The van der Waals surface area contributed by atoms with Gasteiger partial charge in [0.1, 0.15) is 12.7 Å². The molecule has 3 rings (SSSR count). The van der Waals surface area contributed by atoms with Gasteiger partial charge in [0, 0.05) is 37.2 Å². The molecule has 0 spiro atoms. The van der Waals surface area contributed by atoms with Crippen LogP contribution in [0.2, 0.25) is 0 Å². The summed E-state index contributed by atoms with van der Waals surface area (Å²) >= 11 is 0. The molecule has 0 aromatic carbocycles. The van der Waals surface area contributed by atoms with Gasteiger partial charge in [-0.15, -0.1) is 0 Å². The Bertz CT molecular complexity index is 615. The van der Waals surface area contributed by atoms with Crippen LogP contribution in [0.3, 0.4) is 0 Å². The van der Waals surface area contributed by atoms with Gasteiger partial charge in [-0.25, -0.2) is 4.98 Å². The Balaban J connectivity index is 1.65. The van der Waals surface area contributed by atoms with Crippen LogP contribution < -0.4 is 0 Å². The van der Waals surface area contributed by atoms with Crippen LogP contribution in [-0.4, -0.2) is 42.3 Å². The second kappa shape index (κ2) is 5.67. The number of aryl methyl sites for hydroxylation is 1. The van der Waals surface area contributed by atoms with Gasteiger partial charge in [-0.05, 0) is 5.92 Å². The first-order chi connectivity index (χ1) is 10.1. The van der Waals surface area contributed by atoms with Crippen molar-refractivity contribution in [1.82, 2.24) is 29.9 Å². The summed E-state index contributed by atoms with van der Waals surface area (Å²) in [7, 11) is 0. The first kappa shape index (κ1) is 13.8. The molecule has 0 atom stereocenters. The zero-order chi connectivity index (χ0) is 14.8. The van der Waals surface area contributed by atoms with Crippen molar-refractivity contribution in [2.24, 2.45) is 0 Å².